The van der Waals surface area contributed by atoms with Crippen molar-refractivity contribution in [3.63, 3.8) is 0 Å². The lowest BCUT2D eigenvalue weighted by atomic mass is 10.0. The van der Waals surface area contributed by atoms with Gasteiger partial charge < -0.3 is 9.64 Å². The van der Waals surface area contributed by atoms with Crippen LogP contribution in [0.2, 0.25) is 0 Å². The summed E-state index contributed by atoms with van der Waals surface area (Å²) in [6.45, 7) is 2.77. The summed E-state index contributed by atoms with van der Waals surface area (Å²) in [5.41, 5.74) is 3.40. The maximum Gasteiger partial charge on any atom is 0.340 e. The number of benzene rings is 1. The van der Waals surface area contributed by atoms with Crippen molar-refractivity contribution in [2.45, 2.75) is 56.2 Å². The molecule has 3 aliphatic rings. The Morgan fingerprint density at radius 2 is 1.91 bits per heavy atom. The van der Waals surface area contributed by atoms with Crippen LogP contribution in [0.3, 0.4) is 0 Å². The van der Waals surface area contributed by atoms with Gasteiger partial charge in [0.2, 0.25) is 5.91 Å². The SMILES string of the molecule is COC(=O)c1c(S(=O)(=O)Nc2ccc3c(c2)CCC3)sc2c1CCN(C(=O)C1(C)CC1)C2. The Morgan fingerprint density at radius 1 is 1.16 bits per heavy atom. The fourth-order valence-corrected chi connectivity index (χ4v) is 7.62. The third kappa shape index (κ3) is 3.61. The molecule has 2 aromatic rings. The van der Waals surface area contributed by atoms with E-state index in [4.69, 9.17) is 4.74 Å². The molecule has 1 fully saturated rings. The number of carbonyl (C=O) groups excluding carboxylic acids is 2. The molecule has 0 spiro atoms. The van der Waals surface area contributed by atoms with Crippen molar-refractivity contribution < 1.29 is 22.7 Å². The van der Waals surface area contributed by atoms with E-state index in [9.17, 15) is 18.0 Å². The van der Waals surface area contributed by atoms with Crippen LogP contribution in [0.4, 0.5) is 5.69 Å². The average molecular weight is 475 g/mol. The van der Waals surface area contributed by atoms with Crippen molar-refractivity contribution in [1.82, 2.24) is 4.90 Å². The number of thiophene rings is 1. The van der Waals surface area contributed by atoms with Gasteiger partial charge in [0, 0.05) is 22.5 Å². The number of anilines is 1. The van der Waals surface area contributed by atoms with Gasteiger partial charge in [-0.25, -0.2) is 13.2 Å². The second-order valence-corrected chi connectivity index (χ2v) is 12.1. The molecule has 1 amide bonds. The van der Waals surface area contributed by atoms with Gasteiger partial charge in [-0.15, -0.1) is 11.3 Å². The minimum absolute atomic E-state index is 0.0400. The van der Waals surface area contributed by atoms with Crippen LogP contribution >= 0.6 is 11.3 Å². The first-order chi connectivity index (χ1) is 15.2. The number of sulfonamides is 1. The number of methoxy groups -OCH3 is 1. The normalized spacial score (nSPS) is 18.6. The Hall–Kier alpha value is -2.39. The van der Waals surface area contributed by atoms with Crippen molar-refractivity contribution in [2.24, 2.45) is 5.41 Å². The Bertz CT molecular complexity index is 1230. The lowest BCUT2D eigenvalue weighted by Crippen LogP contribution is -2.39. The highest BCUT2D eigenvalue weighted by molar-refractivity contribution is 7.94. The number of hydrogen-bond acceptors (Lipinski definition) is 6. The Balaban J connectivity index is 1.48. The van der Waals surface area contributed by atoms with Gasteiger partial charge in [0.1, 0.15) is 0 Å². The topological polar surface area (TPSA) is 92.8 Å². The van der Waals surface area contributed by atoms with Gasteiger partial charge in [-0.05, 0) is 67.3 Å². The molecule has 7 nitrogen and oxygen atoms in total. The zero-order valence-electron chi connectivity index (χ0n) is 18.2. The lowest BCUT2D eigenvalue weighted by molar-refractivity contribution is -0.137. The van der Waals surface area contributed by atoms with E-state index >= 15 is 0 Å². The summed E-state index contributed by atoms with van der Waals surface area (Å²) in [7, 11) is -2.75. The first-order valence-corrected chi connectivity index (χ1v) is 13.2. The summed E-state index contributed by atoms with van der Waals surface area (Å²) in [6.07, 6.45) is 5.24. The van der Waals surface area contributed by atoms with Crippen molar-refractivity contribution in [3.05, 3.63) is 45.3 Å². The zero-order valence-corrected chi connectivity index (χ0v) is 19.8. The third-order valence-corrected chi connectivity index (χ3v) is 9.93. The molecule has 1 aliphatic heterocycles. The number of carbonyl (C=O) groups is 2. The van der Waals surface area contributed by atoms with Gasteiger partial charge in [-0.2, -0.15) is 0 Å². The number of amides is 1. The zero-order chi connectivity index (χ0) is 22.7. The van der Waals surface area contributed by atoms with E-state index in [2.05, 4.69) is 4.72 Å². The summed E-state index contributed by atoms with van der Waals surface area (Å²) in [5, 5.41) is 0. The number of aryl methyl sites for hydroxylation is 2. The van der Waals surface area contributed by atoms with Crippen LogP contribution in [-0.4, -0.2) is 38.8 Å². The Labute approximate surface area is 191 Å². The standard InChI is InChI=1S/C23H26N2O5S2/c1-23(9-10-23)22(27)25-11-8-17-18(13-25)31-21(19(17)20(26)30-2)32(28,29)24-16-7-6-14-4-3-5-15(14)12-16/h6-7,12,24H,3-5,8-11,13H2,1-2H3. The molecule has 2 aliphatic carbocycles. The average Bonchev–Trinajstić information content (AvgIpc) is 3.19. The number of nitrogens with zero attached hydrogens (tertiary/aromatic N) is 1. The highest BCUT2D eigenvalue weighted by Gasteiger charge is 2.48. The second-order valence-electron chi connectivity index (χ2n) is 9.14. The van der Waals surface area contributed by atoms with Crippen LogP contribution in [0.1, 0.15) is 58.1 Å². The molecule has 1 aromatic heterocycles. The van der Waals surface area contributed by atoms with E-state index in [0.717, 1.165) is 53.9 Å². The monoisotopic (exact) mass is 474 g/mol. The van der Waals surface area contributed by atoms with Crippen molar-refractivity contribution in [2.75, 3.05) is 18.4 Å². The van der Waals surface area contributed by atoms with Crippen LogP contribution in [0, 0.1) is 5.41 Å². The minimum Gasteiger partial charge on any atom is -0.465 e. The predicted molar refractivity (Wildman–Crippen MR) is 121 cm³/mol. The number of ether oxygens (including phenoxy) is 1. The van der Waals surface area contributed by atoms with E-state index in [-0.39, 0.29) is 21.1 Å². The Morgan fingerprint density at radius 3 is 2.62 bits per heavy atom. The molecule has 32 heavy (non-hydrogen) atoms. The highest BCUT2D eigenvalue weighted by atomic mass is 32.2. The number of esters is 1. The molecule has 9 heteroatoms. The van der Waals surface area contributed by atoms with Crippen LogP contribution in [0.25, 0.3) is 0 Å². The number of nitrogens with one attached hydrogen (secondary N) is 1. The smallest absolute Gasteiger partial charge is 0.340 e. The molecule has 0 atom stereocenters. The highest BCUT2D eigenvalue weighted by Crippen LogP contribution is 2.47. The molecule has 0 unspecified atom stereocenters. The van der Waals surface area contributed by atoms with Crippen LogP contribution in [0.15, 0.2) is 22.4 Å². The molecule has 0 radical (unpaired) electrons. The van der Waals surface area contributed by atoms with E-state index in [0.29, 0.717) is 30.8 Å². The third-order valence-electron chi connectivity index (χ3n) is 6.81. The first-order valence-electron chi connectivity index (χ1n) is 10.9. The van der Waals surface area contributed by atoms with Crippen LogP contribution in [-0.2, 0) is 45.4 Å². The van der Waals surface area contributed by atoms with E-state index < -0.39 is 16.0 Å². The van der Waals surface area contributed by atoms with Gasteiger partial charge >= 0.3 is 5.97 Å². The molecule has 0 saturated heterocycles. The fourth-order valence-electron chi connectivity index (χ4n) is 4.67. The molecule has 170 valence electrons. The summed E-state index contributed by atoms with van der Waals surface area (Å²) < 4.78 is 34.3. The van der Waals surface area contributed by atoms with Gasteiger partial charge in [0.25, 0.3) is 10.0 Å². The first kappa shape index (κ1) is 21.5. The summed E-state index contributed by atoms with van der Waals surface area (Å²) in [6, 6.07) is 5.61. The second kappa shape index (κ2) is 7.59. The summed E-state index contributed by atoms with van der Waals surface area (Å²) in [5.74, 6) is -0.553. The lowest BCUT2D eigenvalue weighted by Gasteiger charge is -2.29. The van der Waals surface area contributed by atoms with Crippen molar-refractivity contribution in [3.8, 4) is 0 Å². The molecule has 1 saturated carbocycles. The van der Waals surface area contributed by atoms with Gasteiger partial charge in [-0.1, -0.05) is 13.0 Å². The van der Waals surface area contributed by atoms with Crippen molar-refractivity contribution in [1.29, 1.82) is 0 Å². The van der Waals surface area contributed by atoms with Gasteiger partial charge in [0.15, 0.2) is 4.21 Å². The minimum atomic E-state index is -4.00. The number of fused-ring (bicyclic) bond motifs is 2. The van der Waals surface area contributed by atoms with E-state index in [1.54, 1.807) is 11.0 Å². The molecule has 0 bridgehead atoms. The van der Waals surface area contributed by atoms with Crippen LogP contribution in [0.5, 0.6) is 0 Å². The largest absolute Gasteiger partial charge is 0.465 e. The number of hydrogen-bond donors (Lipinski definition) is 1. The summed E-state index contributed by atoms with van der Waals surface area (Å²) in [4.78, 5) is 28.0. The molecular formula is C23H26N2O5S2. The number of rotatable bonds is 5. The Kier molecular flexibility index (Phi) is 5.09. The maximum atomic E-state index is 13.4. The fraction of sp³-hybridized carbons (Fsp3) is 0.478. The van der Waals surface area contributed by atoms with Crippen LogP contribution < -0.4 is 4.72 Å². The summed E-state index contributed by atoms with van der Waals surface area (Å²) >= 11 is 1.06. The molecule has 1 N–H and O–H groups in total. The van der Waals surface area contributed by atoms with Gasteiger partial charge in [-0.3, -0.25) is 9.52 Å². The van der Waals surface area contributed by atoms with Gasteiger partial charge in [0.05, 0.1) is 19.2 Å². The quantitative estimate of drug-likeness (QED) is 0.670. The molecule has 1 aromatic carbocycles. The van der Waals surface area contributed by atoms with Crippen molar-refractivity contribution >= 4 is 38.9 Å². The van der Waals surface area contributed by atoms with E-state index in [1.165, 1.54) is 12.7 Å². The molecule has 5 rings (SSSR count). The maximum absolute atomic E-state index is 13.4. The predicted octanol–water partition coefficient (Wildman–Crippen LogP) is 3.51. The molecule has 2 heterocycles. The van der Waals surface area contributed by atoms with E-state index in [1.807, 2.05) is 19.1 Å². The molecular weight excluding hydrogens is 448 g/mol.